The number of β-lactam (4-membered cyclic amide) rings is 1. The van der Waals surface area contributed by atoms with E-state index in [1.165, 1.54) is 22.1 Å². The number of amides is 4. The molecule has 1 saturated heterocycles. The van der Waals surface area contributed by atoms with Crippen molar-refractivity contribution in [2.75, 3.05) is 23.5 Å². The van der Waals surface area contributed by atoms with E-state index in [4.69, 9.17) is 14.2 Å². The summed E-state index contributed by atoms with van der Waals surface area (Å²) in [5, 5.41) is 0. The molecular formula is C40H39F3N4O7. The number of hydrogen-bond acceptors (Lipinski definition) is 8. The second-order valence-electron chi connectivity index (χ2n) is 14.0. The number of imide groups is 1. The van der Waals surface area contributed by atoms with Gasteiger partial charge in [0.15, 0.2) is 6.04 Å². The summed E-state index contributed by atoms with van der Waals surface area (Å²) in [7, 11) is 1.55. The number of alkyl halides is 3. The number of esters is 1. The average molecular weight is 745 g/mol. The summed E-state index contributed by atoms with van der Waals surface area (Å²) in [5.74, 6) is -1.62. The van der Waals surface area contributed by atoms with Crippen LogP contribution >= 0.6 is 0 Å². The summed E-state index contributed by atoms with van der Waals surface area (Å²) in [6.07, 6.45) is -3.62. The van der Waals surface area contributed by atoms with Gasteiger partial charge in [0.2, 0.25) is 5.91 Å². The van der Waals surface area contributed by atoms with Crippen LogP contribution in [0.2, 0.25) is 0 Å². The highest BCUT2D eigenvalue weighted by Crippen LogP contribution is 2.39. The largest absolute Gasteiger partial charge is 0.497 e. The number of methoxy groups -OCH3 is 1. The highest BCUT2D eigenvalue weighted by atomic mass is 19.4. The zero-order valence-corrected chi connectivity index (χ0v) is 30.1. The standard InChI is InChI=1S/C40H39F3N4O7/c1-39(2,3)54-38(51)46(23-25-10-13-30(52-4)14-11-25)33-21-27(16-18-44-33)20-31-34(36(49)53-24-26-8-6-5-7-9-26)47(35(31)48)37(50)45-19-17-28-22-29(40(41,42)43)12-15-32(28)45/h5-16,18,21-22,31,34H,17,19-20,23-24H2,1-4H3/t31-,34+/m1/s1. The molecule has 0 N–H and O–H groups in total. The van der Waals surface area contributed by atoms with Gasteiger partial charge in [-0.05, 0) is 98.3 Å². The van der Waals surface area contributed by atoms with Crippen molar-refractivity contribution in [3.63, 3.8) is 0 Å². The number of ether oxygens (including phenoxy) is 3. The van der Waals surface area contributed by atoms with E-state index in [0.29, 0.717) is 22.4 Å². The molecule has 6 rings (SSSR count). The predicted molar refractivity (Wildman–Crippen MR) is 192 cm³/mol. The first-order valence-electron chi connectivity index (χ1n) is 17.3. The smallest absolute Gasteiger partial charge is 0.416 e. The van der Waals surface area contributed by atoms with Gasteiger partial charge >= 0.3 is 24.3 Å². The number of benzene rings is 3. The summed E-state index contributed by atoms with van der Waals surface area (Å²) in [6.45, 7) is 5.24. The SMILES string of the molecule is COc1ccc(CN(C(=O)OC(C)(C)C)c2cc(C[C@H]3C(=O)N(C(=O)N4CCc5cc(C(F)(F)F)ccc54)[C@@H]3C(=O)OCc3ccccc3)ccn2)cc1. The lowest BCUT2D eigenvalue weighted by molar-refractivity contribution is -0.170. The van der Waals surface area contributed by atoms with Gasteiger partial charge in [-0.2, -0.15) is 13.2 Å². The molecule has 0 unspecified atom stereocenters. The van der Waals surface area contributed by atoms with E-state index in [1.54, 1.807) is 88.5 Å². The van der Waals surface area contributed by atoms with Crippen molar-refractivity contribution in [3.8, 4) is 5.75 Å². The van der Waals surface area contributed by atoms with Crippen LogP contribution in [-0.4, -0.2) is 59.2 Å². The monoisotopic (exact) mass is 744 g/mol. The van der Waals surface area contributed by atoms with Gasteiger partial charge in [-0.25, -0.2) is 24.3 Å². The van der Waals surface area contributed by atoms with Gasteiger partial charge in [0, 0.05) is 18.4 Å². The number of anilines is 2. The van der Waals surface area contributed by atoms with Crippen LogP contribution in [0.25, 0.3) is 0 Å². The molecule has 2 atom stereocenters. The molecule has 4 aromatic rings. The molecule has 1 aromatic heterocycles. The van der Waals surface area contributed by atoms with Crippen molar-refractivity contribution in [1.82, 2.24) is 9.88 Å². The fourth-order valence-electron chi connectivity index (χ4n) is 6.41. The number of pyridine rings is 1. The van der Waals surface area contributed by atoms with E-state index in [2.05, 4.69) is 4.98 Å². The number of urea groups is 1. The number of carbonyl (C=O) groups is 4. The fourth-order valence-corrected chi connectivity index (χ4v) is 6.41. The molecule has 282 valence electrons. The molecule has 0 saturated carbocycles. The molecule has 0 spiro atoms. The van der Waals surface area contributed by atoms with Crippen LogP contribution < -0.4 is 14.5 Å². The summed E-state index contributed by atoms with van der Waals surface area (Å²) in [5.41, 5.74) is 0.877. The minimum Gasteiger partial charge on any atom is -0.497 e. The van der Waals surface area contributed by atoms with E-state index in [9.17, 15) is 32.3 Å². The highest BCUT2D eigenvalue weighted by molar-refractivity contribution is 6.12. The molecule has 11 nitrogen and oxygen atoms in total. The fraction of sp³-hybridized carbons (Fsp3) is 0.325. The third kappa shape index (κ3) is 8.32. The van der Waals surface area contributed by atoms with Gasteiger partial charge in [0.25, 0.3) is 0 Å². The molecule has 54 heavy (non-hydrogen) atoms. The number of aromatic nitrogens is 1. The molecule has 14 heteroatoms. The Morgan fingerprint density at radius 1 is 0.907 bits per heavy atom. The van der Waals surface area contributed by atoms with E-state index in [-0.39, 0.29) is 44.0 Å². The van der Waals surface area contributed by atoms with Crippen molar-refractivity contribution in [3.05, 3.63) is 119 Å². The molecule has 1 fully saturated rings. The van der Waals surface area contributed by atoms with Crippen molar-refractivity contribution in [2.24, 2.45) is 5.92 Å². The minimum absolute atomic E-state index is 0.0144. The normalized spacial score (nSPS) is 16.7. The average Bonchev–Trinajstić information content (AvgIpc) is 3.57. The van der Waals surface area contributed by atoms with Crippen LogP contribution in [0, 0.1) is 5.92 Å². The topological polar surface area (TPSA) is 119 Å². The second kappa shape index (κ2) is 15.2. The minimum atomic E-state index is -4.56. The number of fused-ring (bicyclic) bond motifs is 1. The van der Waals surface area contributed by atoms with Gasteiger partial charge in [-0.3, -0.25) is 14.6 Å². The number of rotatable bonds is 9. The number of halogens is 3. The summed E-state index contributed by atoms with van der Waals surface area (Å²) < 4.78 is 56.7. The number of carbonyl (C=O) groups excluding carboxylic acids is 4. The molecule has 2 aliphatic heterocycles. The van der Waals surface area contributed by atoms with Gasteiger partial charge < -0.3 is 14.2 Å². The van der Waals surface area contributed by atoms with E-state index < -0.39 is 53.3 Å². The van der Waals surface area contributed by atoms with E-state index >= 15 is 0 Å². The molecule has 0 radical (unpaired) electrons. The first-order valence-corrected chi connectivity index (χ1v) is 17.3. The zero-order valence-electron chi connectivity index (χ0n) is 30.1. The molecule has 3 aromatic carbocycles. The first kappa shape index (κ1) is 37.8. The molecular weight excluding hydrogens is 705 g/mol. The van der Waals surface area contributed by atoms with Gasteiger partial charge in [-0.1, -0.05) is 42.5 Å². The first-order chi connectivity index (χ1) is 25.6. The summed E-state index contributed by atoms with van der Waals surface area (Å²) in [6, 6.07) is 20.2. The highest BCUT2D eigenvalue weighted by Gasteiger charge is 2.56. The maximum absolute atomic E-state index is 13.9. The Kier molecular flexibility index (Phi) is 10.7. The molecule has 2 aliphatic rings. The third-order valence-corrected chi connectivity index (χ3v) is 9.07. The van der Waals surface area contributed by atoms with E-state index in [1.807, 2.05) is 6.07 Å². The van der Waals surface area contributed by atoms with Gasteiger partial charge in [0.05, 0.1) is 25.1 Å². The van der Waals surface area contributed by atoms with Crippen LogP contribution in [0.5, 0.6) is 5.75 Å². The molecule has 0 aliphatic carbocycles. The number of likely N-dealkylation sites (tertiary alicyclic amines) is 1. The Hall–Kier alpha value is -5.92. The van der Waals surface area contributed by atoms with Crippen LogP contribution in [0.15, 0.2) is 91.1 Å². The molecule has 3 heterocycles. The van der Waals surface area contributed by atoms with Crippen molar-refractivity contribution in [2.45, 2.75) is 64.6 Å². The van der Waals surface area contributed by atoms with Crippen molar-refractivity contribution >= 4 is 35.5 Å². The molecule has 0 bridgehead atoms. The van der Waals surface area contributed by atoms with Crippen molar-refractivity contribution in [1.29, 1.82) is 0 Å². The summed E-state index contributed by atoms with van der Waals surface area (Å²) in [4.78, 5) is 62.8. The maximum atomic E-state index is 13.9. The lowest BCUT2D eigenvalue weighted by Crippen LogP contribution is -2.69. The third-order valence-electron chi connectivity index (χ3n) is 9.07. The second-order valence-corrected chi connectivity index (χ2v) is 14.0. The number of hydrogen-bond donors (Lipinski definition) is 0. The van der Waals surface area contributed by atoms with E-state index in [0.717, 1.165) is 22.6 Å². The van der Waals surface area contributed by atoms with Crippen LogP contribution in [0.3, 0.4) is 0 Å². The van der Waals surface area contributed by atoms with Gasteiger partial charge in [0.1, 0.15) is 23.8 Å². The molecule has 4 amide bonds. The lowest BCUT2D eigenvalue weighted by Gasteiger charge is -2.45. The summed E-state index contributed by atoms with van der Waals surface area (Å²) >= 11 is 0. The predicted octanol–water partition coefficient (Wildman–Crippen LogP) is 7.35. The Morgan fingerprint density at radius 2 is 1.63 bits per heavy atom. The Labute approximate surface area is 310 Å². The Bertz CT molecular complexity index is 2030. The van der Waals surface area contributed by atoms with Crippen molar-refractivity contribution < 1.29 is 46.6 Å². The Balaban J connectivity index is 1.27. The Morgan fingerprint density at radius 3 is 2.30 bits per heavy atom. The van der Waals surface area contributed by atoms with Gasteiger partial charge in [-0.15, -0.1) is 0 Å². The van der Waals surface area contributed by atoms with Crippen LogP contribution in [-0.2, 0) is 51.2 Å². The van der Waals surface area contributed by atoms with Crippen LogP contribution in [0.4, 0.5) is 34.3 Å². The number of nitrogens with zero attached hydrogens (tertiary/aromatic N) is 4. The lowest BCUT2D eigenvalue weighted by atomic mass is 9.82. The maximum Gasteiger partial charge on any atom is 0.416 e. The zero-order chi connectivity index (χ0) is 38.8. The van der Waals surface area contributed by atoms with Crippen LogP contribution in [0.1, 0.15) is 48.6 Å². The quantitative estimate of drug-likeness (QED) is 0.129.